The molecule has 0 bridgehead atoms. The van der Waals surface area contributed by atoms with Crippen LogP contribution in [0, 0.1) is 0 Å². The molecule has 0 rings (SSSR count). The van der Waals surface area contributed by atoms with Gasteiger partial charge in [0.1, 0.15) is 0 Å². The van der Waals surface area contributed by atoms with E-state index in [4.69, 9.17) is 36.0 Å². The number of hydrogen-bond acceptors (Lipinski definition) is 10. The van der Waals surface area contributed by atoms with Crippen molar-refractivity contribution in [3.05, 3.63) is 12.2 Å². The van der Waals surface area contributed by atoms with Crippen LogP contribution in [0.15, 0.2) is 12.2 Å². The Labute approximate surface area is 175 Å². The van der Waals surface area contributed by atoms with E-state index in [0.29, 0.717) is 24.9 Å². The molecule has 0 saturated carbocycles. The number of carbonyl (C=O) groups is 2. The Morgan fingerprint density at radius 2 is 1.07 bits per heavy atom. The predicted octanol–water partition coefficient (Wildman–Crippen LogP) is 1.56. The second-order valence-electron chi connectivity index (χ2n) is 5.93. The van der Waals surface area contributed by atoms with E-state index in [1.807, 2.05) is 0 Å². The summed E-state index contributed by atoms with van der Waals surface area (Å²) in [6.45, 7) is 3.87. The van der Waals surface area contributed by atoms with Crippen LogP contribution in [0.1, 0.15) is 19.3 Å². The normalized spacial score (nSPS) is 11.9. The Morgan fingerprint density at radius 1 is 0.690 bits per heavy atom. The van der Waals surface area contributed by atoms with Gasteiger partial charge in [-0.3, -0.25) is 4.79 Å². The molecule has 0 atom stereocenters. The summed E-state index contributed by atoms with van der Waals surface area (Å²) in [7, 11) is 3.71. The summed E-state index contributed by atoms with van der Waals surface area (Å²) in [6.07, 6.45) is 0.761. The van der Waals surface area contributed by atoms with Gasteiger partial charge in [0.25, 0.3) is 0 Å². The first-order chi connectivity index (χ1) is 13.8. The highest BCUT2D eigenvalue weighted by Gasteiger charge is 2.37. The molecule has 170 valence electrons. The molecule has 0 heterocycles. The van der Waals surface area contributed by atoms with Gasteiger partial charge < -0.3 is 36.0 Å². The average molecular weight is 455 g/mol. The first kappa shape index (κ1) is 27.9. The number of esters is 2. The molecular formula is C17H34O10Si2. The van der Waals surface area contributed by atoms with Crippen molar-refractivity contribution in [2.45, 2.75) is 31.4 Å². The van der Waals surface area contributed by atoms with Gasteiger partial charge in [-0.25, -0.2) is 4.79 Å². The van der Waals surface area contributed by atoms with E-state index in [9.17, 15) is 9.59 Å². The summed E-state index contributed by atoms with van der Waals surface area (Å²) < 4.78 is 41.9. The molecule has 0 unspecified atom stereocenters. The van der Waals surface area contributed by atoms with Crippen molar-refractivity contribution in [1.82, 2.24) is 0 Å². The van der Waals surface area contributed by atoms with Crippen molar-refractivity contribution in [3.63, 3.8) is 0 Å². The van der Waals surface area contributed by atoms with Crippen molar-refractivity contribution in [1.29, 1.82) is 0 Å². The van der Waals surface area contributed by atoms with Gasteiger partial charge in [0.05, 0.1) is 19.6 Å². The van der Waals surface area contributed by atoms with Crippen LogP contribution in [0.4, 0.5) is 0 Å². The van der Waals surface area contributed by atoms with Crippen LogP contribution in [0.3, 0.4) is 0 Å². The lowest BCUT2D eigenvalue weighted by molar-refractivity contribution is -0.146. The van der Waals surface area contributed by atoms with Crippen molar-refractivity contribution in [2.24, 2.45) is 0 Å². The van der Waals surface area contributed by atoms with E-state index in [1.54, 1.807) is 0 Å². The lowest BCUT2D eigenvalue weighted by Gasteiger charge is -2.24. The fourth-order valence-electron chi connectivity index (χ4n) is 2.44. The van der Waals surface area contributed by atoms with E-state index in [2.05, 4.69) is 6.58 Å². The van der Waals surface area contributed by atoms with Gasteiger partial charge in [0.15, 0.2) is 0 Å². The quantitative estimate of drug-likeness (QED) is 0.139. The highest BCUT2D eigenvalue weighted by atomic mass is 28.4. The van der Waals surface area contributed by atoms with Gasteiger partial charge in [0.2, 0.25) is 0 Å². The Hall–Kier alpha value is -1.13. The Kier molecular flexibility index (Phi) is 14.2. The highest BCUT2D eigenvalue weighted by molar-refractivity contribution is 6.60. The largest absolute Gasteiger partial charge is 0.500 e. The molecule has 0 aliphatic carbocycles. The molecule has 0 spiro atoms. The predicted molar refractivity (Wildman–Crippen MR) is 108 cm³/mol. The van der Waals surface area contributed by atoms with Gasteiger partial charge in [-0.05, 0) is 12.8 Å². The monoisotopic (exact) mass is 454 g/mol. The Morgan fingerprint density at radius 3 is 1.45 bits per heavy atom. The maximum atomic E-state index is 11.9. The highest BCUT2D eigenvalue weighted by Crippen LogP contribution is 2.16. The summed E-state index contributed by atoms with van der Waals surface area (Å²) in [6, 6.07) is 0.996. The third kappa shape index (κ3) is 9.95. The average Bonchev–Trinajstić information content (AvgIpc) is 2.74. The van der Waals surface area contributed by atoms with E-state index in [-0.39, 0.29) is 25.2 Å². The zero-order chi connectivity index (χ0) is 22.3. The van der Waals surface area contributed by atoms with Crippen LogP contribution >= 0.6 is 0 Å². The SMILES string of the molecule is C=C(CC(=O)OCCC[Si](OC)(OC)OC)C(=O)OCCC[Si](OC)(OC)OC. The summed E-state index contributed by atoms with van der Waals surface area (Å²) in [5.74, 6) is -1.21. The molecule has 0 aliphatic rings. The molecule has 0 N–H and O–H groups in total. The smallest absolute Gasteiger partial charge is 0.465 e. The molecule has 0 aromatic carbocycles. The molecule has 0 aliphatic heterocycles. The van der Waals surface area contributed by atoms with E-state index in [0.717, 1.165) is 0 Å². The Balaban J connectivity index is 4.13. The molecule has 12 heteroatoms. The number of rotatable bonds is 17. The van der Waals surface area contributed by atoms with Crippen molar-refractivity contribution in [3.8, 4) is 0 Å². The minimum absolute atomic E-state index is 0.0260. The van der Waals surface area contributed by atoms with Crippen molar-refractivity contribution >= 4 is 29.5 Å². The zero-order valence-corrected chi connectivity index (χ0v) is 20.2. The number of hydrogen-bond donors (Lipinski definition) is 0. The first-order valence-corrected chi connectivity index (χ1v) is 12.9. The van der Waals surface area contributed by atoms with Crippen LogP contribution in [-0.2, 0) is 45.6 Å². The van der Waals surface area contributed by atoms with E-state index >= 15 is 0 Å². The zero-order valence-electron chi connectivity index (χ0n) is 18.2. The Bertz CT molecular complexity index is 490. The third-order valence-electron chi connectivity index (χ3n) is 4.26. The lowest BCUT2D eigenvalue weighted by Crippen LogP contribution is -2.42. The third-order valence-corrected chi connectivity index (χ3v) is 9.93. The van der Waals surface area contributed by atoms with Crippen molar-refractivity contribution < 1.29 is 45.6 Å². The second kappa shape index (κ2) is 14.8. The second-order valence-corrected chi connectivity index (χ2v) is 12.1. The molecule has 29 heavy (non-hydrogen) atoms. The van der Waals surface area contributed by atoms with Crippen LogP contribution < -0.4 is 0 Å². The van der Waals surface area contributed by atoms with E-state index < -0.39 is 29.5 Å². The van der Waals surface area contributed by atoms with Crippen LogP contribution in [0.25, 0.3) is 0 Å². The molecule has 0 saturated heterocycles. The maximum absolute atomic E-state index is 11.9. The van der Waals surface area contributed by atoms with Crippen LogP contribution in [0.5, 0.6) is 0 Å². The van der Waals surface area contributed by atoms with Crippen molar-refractivity contribution in [2.75, 3.05) is 55.9 Å². The minimum Gasteiger partial charge on any atom is -0.465 e. The van der Waals surface area contributed by atoms with E-state index in [1.165, 1.54) is 42.7 Å². The number of ether oxygens (including phenoxy) is 2. The fraction of sp³-hybridized carbons (Fsp3) is 0.765. The summed E-state index contributed by atoms with van der Waals surface area (Å²) >= 11 is 0. The summed E-state index contributed by atoms with van der Waals surface area (Å²) in [4.78, 5) is 23.8. The van der Waals surface area contributed by atoms with Crippen LogP contribution in [-0.4, -0.2) is 85.4 Å². The maximum Gasteiger partial charge on any atom is 0.500 e. The van der Waals surface area contributed by atoms with Gasteiger partial charge in [0, 0.05) is 60.3 Å². The summed E-state index contributed by atoms with van der Waals surface area (Å²) in [5, 5.41) is 0. The van der Waals surface area contributed by atoms with Gasteiger partial charge >= 0.3 is 29.5 Å². The molecule has 0 amide bonds. The van der Waals surface area contributed by atoms with Crippen LogP contribution in [0.2, 0.25) is 12.1 Å². The van der Waals surface area contributed by atoms with Gasteiger partial charge in [-0.1, -0.05) is 6.58 Å². The minimum atomic E-state index is -2.70. The van der Waals surface area contributed by atoms with Gasteiger partial charge in [-0.15, -0.1) is 0 Å². The first-order valence-electron chi connectivity index (χ1n) is 9.09. The summed E-state index contributed by atoms with van der Waals surface area (Å²) in [5.41, 5.74) is 0.0260. The molecule has 0 fully saturated rings. The fourth-order valence-corrected chi connectivity index (χ4v) is 5.82. The topological polar surface area (TPSA) is 108 Å². The molecule has 0 aromatic heterocycles. The lowest BCUT2D eigenvalue weighted by atomic mass is 10.2. The molecule has 0 radical (unpaired) electrons. The molecule has 10 nitrogen and oxygen atoms in total. The van der Waals surface area contributed by atoms with Gasteiger partial charge in [-0.2, -0.15) is 0 Å². The standard InChI is InChI=1S/C17H34O10Si2/c1-15(17(19)27-11-9-13-29(23-5,24-6)25-7)14-16(18)26-10-8-12-28(20-2,21-3)22-4/h1,8-14H2,2-7H3. The number of carbonyl (C=O) groups excluding carboxylic acids is 2. The molecule has 0 aromatic rings. The molecular weight excluding hydrogens is 420 g/mol.